The van der Waals surface area contributed by atoms with Crippen molar-refractivity contribution in [2.45, 2.75) is 0 Å². The predicted octanol–water partition coefficient (Wildman–Crippen LogP) is 14.9. The first-order chi connectivity index (χ1) is 31.7. The molecule has 14 rings (SSSR count). The molecule has 0 amide bonds. The predicted molar refractivity (Wildman–Crippen MR) is 259 cm³/mol. The van der Waals surface area contributed by atoms with Gasteiger partial charge < -0.3 is 13.4 Å². The Labute approximate surface area is 364 Å². The highest BCUT2D eigenvalue weighted by molar-refractivity contribution is 6.24. The van der Waals surface area contributed by atoms with Gasteiger partial charge in [0.25, 0.3) is 0 Å². The third kappa shape index (κ3) is 5.00. The first-order valence-electron chi connectivity index (χ1n) is 21.4. The molecule has 0 aliphatic heterocycles. The van der Waals surface area contributed by atoms with Gasteiger partial charge in [0.1, 0.15) is 22.3 Å². The van der Waals surface area contributed by atoms with Crippen LogP contribution in [0.4, 0.5) is 0 Å². The number of benzene rings is 9. The highest BCUT2D eigenvalue weighted by Crippen LogP contribution is 2.44. The van der Waals surface area contributed by atoms with Crippen molar-refractivity contribution >= 4 is 87.5 Å². The molecule has 0 atom stereocenters. The summed E-state index contributed by atoms with van der Waals surface area (Å²) in [6.45, 7) is 0. The minimum absolute atomic E-state index is 0.519. The van der Waals surface area contributed by atoms with Crippen molar-refractivity contribution in [3.63, 3.8) is 0 Å². The van der Waals surface area contributed by atoms with Gasteiger partial charge in [-0.25, -0.2) is 4.98 Å². The molecule has 9 aromatic carbocycles. The van der Waals surface area contributed by atoms with Crippen molar-refractivity contribution in [2.24, 2.45) is 0 Å². The molecule has 14 aromatic rings. The van der Waals surface area contributed by atoms with E-state index < -0.39 is 0 Å². The Bertz CT molecular complexity index is 4200. The van der Waals surface area contributed by atoms with Crippen molar-refractivity contribution in [1.82, 2.24) is 24.1 Å². The van der Waals surface area contributed by atoms with Crippen LogP contribution in [0, 0.1) is 0 Å². The van der Waals surface area contributed by atoms with Crippen LogP contribution >= 0.6 is 0 Å². The number of hydrogen-bond acceptors (Lipinski definition) is 5. The lowest BCUT2D eigenvalue weighted by Gasteiger charge is -2.13. The maximum absolute atomic E-state index is 6.72. The Hall–Kier alpha value is -8.81. The van der Waals surface area contributed by atoms with Gasteiger partial charge in [-0.15, -0.1) is 0 Å². The van der Waals surface area contributed by atoms with Crippen molar-refractivity contribution in [2.75, 3.05) is 0 Å². The minimum atomic E-state index is 0.519. The molecule has 0 N–H and O–H groups in total. The maximum atomic E-state index is 6.72. The fourth-order valence-electron chi connectivity index (χ4n) is 10.1. The second kappa shape index (κ2) is 13.3. The maximum Gasteiger partial charge on any atom is 0.238 e. The number of fused-ring (bicyclic) bond motifs is 13. The number of furan rings is 2. The lowest BCUT2D eigenvalue weighted by Crippen LogP contribution is -2.07. The van der Waals surface area contributed by atoms with Crippen molar-refractivity contribution in [1.29, 1.82) is 0 Å². The zero-order valence-corrected chi connectivity index (χ0v) is 34.1. The van der Waals surface area contributed by atoms with E-state index >= 15 is 0 Å². The fourth-order valence-corrected chi connectivity index (χ4v) is 10.1. The summed E-state index contributed by atoms with van der Waals surface area (Å²) in [5.74, 6) is 1.66. The molecule has 7 heteroatoms. The first-order valence-corrected chi connectivity index (χ1v) is 21.4. The molecule has 0 radical (unpaired) electrons. The quantitative estimate of drug-likeness (QED) is 0.173. The lowest BCUT2D eigenvalue weighted by molar-refractivity contribution is 0.668. The topological polar surface area (TPSA) is 74.8 Å². The van der Waals surface area contributed by atoms with Gasteiger partial charge in [0.15, 0.2) is 11.6 Å². The molecule has 7 nitrogen and oxygen atoms in total. The second-order valence-electron chi connectivity index (χ2n) is 16.3. The molecular formula is C57H33N5O2. The van der Waals surface area contributed by atoms with Gasteiger partial charge in [0.2, 0.25) is 5.95 Å². The van der Waals surface area contributed by atoms with Gasteiger partial charge in [-0.1, -0.05) is 152 Å². The van der Waals surface area contributed by atoms with Gasteiger partial charge in [-0.3, -0.25) is 4.57 Å². The summed E-state index contributed by atoms with van der Waals surface area (Å²) < 4.78 is 17.7. The van der Waals surface area contributed by atoms with E-state index in [-0.39, 0.29) is 0 Å². The third-order valence-corrected chi connectivity index (χ3v) is 12.8. The van der Waals surface area contributed by atoms with Crippen LogP contribution in [0.2, 0.25) is 0 Å². The molecule has 64 heavy (non-hydrogen) atoms. The Morgan fingerprint density at radius 3 is 1.58 bits per heavy atom. The molecule has 0 saturated heterocycles. The Balaban J connectivity index is 1.09. The van der Waals surface area contributed by atoms with Crippen molar-refractivity contribution < 1.29 is 8.83 Å². The van der Waals surface area contributed by atoms with E-state index in [1.807, 2.05) is 48.5 Å². The van der Waals surface area contributed by atoms with Crippen LogP contribution in [0.1, 0.15) is 0 Å². The molecule has 0 bridgehead atoms. The van der Waals surface area contributed by atoms with E-state index in [1.165, 1.54) is 0 Å². The van der Waals surface area contributed by atoms with Crippen molar-refractivity contribution in [3.05, 3.63) is 200 Å². The van der Waals surface area contributed by atoms with Gasteiger partial charge in [-0.2, -0.15) is 9.97 Å². The van der Waals surface area contributed by atoms with Crippen LogP contribution in [-0.4, -0.2) is 24.1 Å². The number of para-hydroxylation sites is 3. The van der Waals surface area contributed by atoms with E-state index in [2.05, 4.69) is 161 Å². The molecule has 0 aliphatic carbocycles. The Morgan fingerprint density at radius 2 is 0.844 bits per heavy atom. The summed E-state index contributed by atoms with van der Waals surface area (Å²) in [6, 6.07) is 69.5. The van der Waals surface area contributed by atoms with E-state index in [9.17, 15) is 0 Å². The molecular weight excluding hydrogens is 787 g/mol. The summed E-state index contributed by atoms with van der Waals surface area (Å²) in [6.07, 6.45) is 0. The third-order valence-electron chi connectivity index (χ3n) is 12.8. The second-order valence-corrected chi connectivity index (χ2v) is 16.3. The van der Waals surface area contributed by atoms with Gasteiger partial charge in [-0.05, 0) is 53.6 Å². The average Bonchev–Trinajstić information content (AvgIpc) is 4.12. The summed E-state index contributed by atoms with van der Waals surface area (Å²) in [5.41, 5.74) is 12.5. The van der Waals surface area contributed by atoms with E-state index in [4.69, 9.17) is 23.8 Å². The molecule has 5 aromatic heterocycles. The van der Waals surface area contributed by atoms with Crippen LogP contribution in [-0.2, 0) is 0 Å². The Kier molecular flexibility index (Phi) is 7.27. The largest absolute Gasteiger partial charge is 0.456 e. The van der Waals surface area contributed by atoms with Crippen LogP contribution in [0.5, 0.6) is 0 Å². The summed E-state index contributed by atoms with van der Waals surface area (Å²) in [4.78, 5) is 16.0. The van der Waals surface area contributed by atoms with E-state index in [0.29, 0.717) is 17.6 Å². The monoisotopic (exact) mass is 819 g/mol. The standard InChI is InChI=1S/C57H33N5O2/c1-3-15-34(16-4-1)37-22-13-27-48-51(37)43-30-29-36(33-50(43)64-48)61-45-24-10-7-19-38(45)40-31-32-41-39-20-8-11-25-46(39)62(54(41)53(40)61)57-59-55(35-17-5-2-6-18-35)58-56(60-57)44-23-14-28-49-52(44)42-21-9-12-26-47(42)63-49/h1-33H. The molecule has 5 heterocycles. The smallest absolute Gasteiger partial charge is 0.238 e. The number of rotatable bonds is 5. The van der Waals surface area contributed by atoms with Gasteiger partial charge in [0, 0.05) is 60.3 Å². The average molecular weight is 820 g/mol. The molecule has 0 unspecified atom stereocenters. The zero-order chi connectivity index (χ0) is 41.9. The van der Waals surface area contributed by atoms with Gasteiger partial charge >= 0.3 is 0 Å². The zero-order valence-electron chi connectivity index (χ0n) is 34.1. The minimum Gasteiger partial charge on any atom is -0.456 e. The number of aromatic nitrogens is 5. The Morgan fingerprint density at radius 1 is 0.328 bits per heavy atom. The molecule has 0 spiro atoms. The SMILES string of the molecule is c1ccc(-c2nc(-c3cccc4oc5ccccc5c34)nc(-n3c4ccccc4c4ccc5c6ccccc6n(-c6ccc7c(c6)oc6cccc(-c8ccccc8)c67)c5c43)n2)cc1. The molecule has 298 valence electrons. The van der Waals surface area contributed by atoms with Crippen LogP contribution < -0.4 is 0 Å². The number of nitrogens with zero attached hydrogens (tertiary/aromatic N) is 5. The highest BCUT2D eigenvalue weighted by Gasteiger charge is 2.25. The highest BCUT2D eigenvalue weighted by atomic mass is 16.3. The first kappa shape index (κ1) is 34.9. The normalized spacial score (nSPS) is 12.1. The van der Waals surface area contributed by atoms with E-state index in [0.717, 1.165) is 115 Å². The molecule has 0 aliphatic rings. The number of hydrogen-bond donors (Lipinski definition) is 0. The van der Waals surface area contributed by atoms with Crippen LogP contribution in [0.15, 0.2) is 209 Å². The van der Waals surface area contributed by atoms with E-state index in [1.54, 1.807) is 0 Å². The van der Waals surface area contributed by atoms with Crippen molar-refractivity contribution in [3.8, 4) is 45.5 Å². The molecule has 0 fully saturated rings. The lowest BCUT2D eigenvalue weighted by atomic mass is 9.99. The van der Waals surface area contributed by atoms with Crippen LogP contribution in [0.3, 0.4) is 0 Å². The fraction of sp³-hybridized carbons (Fsp3) is 0. The summed E-state index contributed by atoms with van der Waals surface area (Å²) in [5, 5.41) is 8.62. The molecule has 0 saturated carbocycles. The summed E-state index contributed by atoms with van der Waals surface area (Å²) in [7, 11) is 0. The van der Waals surface area contributed by atoms with Gasteiger partial charge in [0.05, 0.1) is 27.8 Å². The van der Waals surface area contributed by atoms with Crippen LogP contribution in [0.25, 0.3) is 133 Å². The summed E-state index contributed by atoms with van der Waals surface area (Å²) >= 11 is 0.